The zero-order chi connectivity index (χ0) is 16.0. The average Bonchev–Trinajstić information content (AvgIpc) is 2.55. The Labute approximate surface area is 163 Å². The highest BCUT2D eigenvalue weighted by molar-refractivity contribution is 14.1. The fourth-order valence-corrected chi connectivity index (χ4v) is 4.22. The van der Waals surface area contributed by atoms with Crippen molar-refractivity contribution in [3.8, 4) is 11.1 Å². The Hall–Kier alpha value is -1.14. The normalized spacial score (nSPS) is 11.3. The molecular weight excluding hydrogens is 506 g/mol. The molecule has 2 heteroatoms. The molecule has 23 heavy (non-hydrogen) atoms. The largest absolute Gasteiger partial charge is 0.0616 e. The highest BCUT2D eigenvalue weighted by Crippen LogP contribution is 2.34. The predicted molar refractivity (Wildman–Crippen MR) is 117 cm³/mol. The summed E-state index contributed by atoms with van der Waals surface area (Å²) in [6.07, 6.45) is 0. The maximum atomic E-state index is 2.43. The van der Waals surface area contributed by atoms with Crippen LogP contribution in [0, 0.1) is 14.1 Å². The molecule has 4 aromatic rings. The lowest BCUT2D eigenvalue weighted by Gasteiger charge is -2.12. The van der Waals surface area contributed by atoms with E-state index in [1.807, 2.05) is 0 Å². The molecule has 112 valence electrons. The molecule has 4 rings (SSSR count). The molecule has 4 aromatic carbocycles. The van der Waals surface area contributed by atoms with Crippen LogP contribution in [0.15, 0.2) is 66.7 Å². The summed E-state index contributed by atoms with van der Waals surface area (Å²) in [7, 11) is 0. The summed E-state index contributed by atoms with van der Waals surface area (Å²) in [6, 6.07) is 24.4. The summed E-state index contributed by atoms with van der Waals surface area (Å²) in [4.78, 5) is 0. The molecule has 0 aromatic heterocycles. The van der Waals surface area contributed by atoms with Crippen molar-refractivity contribution in [3.05, 3.63) is 79.4 Å². The van der Waals surface area contributed by atoms with Crippen molar-refractivity contribution < 1.29 is 0 Å². The summed E-state index contributed by atoms with van der Waals surface area (Å²) in [5, 5.41) is 5.22. The average molecular weight is 520 g/mol. The molecule has 0 radical (unpaired) electrons. The molecule has 0 N–H and O–H groups in total. The van der Waals surface area contributed by atoms with E-state index in [-0.39, 0.29) is 0 Å². The van der Waals surface area contributed by atoms with Gasteiger partial charge in [-0.05, 0) is 127 Å². The number of hydrogen-bond acceptors (Lipinski definition) is 0. The highest BCUT2D eigenvalue weighted by atomic mass is 127. The minimum Gasteiger partial charge on any atom is -0.0616 e. The summed E-state index contributed by atoms with van der Waals surface area (Å²) < 4.78 is 2.57. The molecule has 0 aliphatic heterocycles. The first-order valence-electron chi connectivity index (χ1n) is 7.50. The van der Waals surface area contributed by atoms with Gasteiger partial charge in [-0.3, -0.25) is 0 Å². The first-order chi connectivity index (χ1) is 11.1. The van der Waals surface area contributed by atoms with Crippen LogP contribution in [0.1, 0.15) is 5.56 Å². The van der Waals surface area contributed by atoms with Crippen LogP contribution in [0.3, 0.4) is 0 Å². The van der Waals surface area contributed by atoms with E-state index in [1.165, 1.54) is 45.4 Å². The Morgan fingerprint density at radius 2 is 1.26 bits per heavy atom. The minimum absolute atomic E-state index is 1.27. The highest BCUT2D eigenvalue weighted by Gasteiger charge is 2.09. The van der Waals surface area contributed by atoms with Gasteiger partial charge in [0.15, 0.2) is 0 Å². The van der Waals surface area contributed by atoms with Crippen molar-refractivity contribution in [2.75, 3.05) is 0 Å². The van der Waals surface area contributed by atoms with Gasteiger partial charge in [0, 0.05) is 7.14 Å². The zero-order valence-electron chi connectivity index (χ0n) is 12.6. The minimum atomic E-state index is 1.27. The molecule has 0 aliphatic carbocycles. The number of halogens is 2. The van der Waals surface area contributed by atoms with Crippen LogP contribution in [-0.4, -0.2) is 0 Å². The van der Waals surface area contributed by atoms with Crippen LogP contribution in [0.4, 0.5) is 0 Å². The van der Waals surface area contributed by atoms with E-state index >= 15 is 0 Å². The molecule has 0 saturated carbocycles. The van der Waals surface area contributed by atoms with E-state index < -0.39 is 0 Å². The lowest BCUT2D eigenvalue weighted by atomic mass is 9.95. The third-order valence-corrected chi connectivity index (χ3v) is 5.88. The van der Waals surface area contributed by atoms with Crippen molar-refractivity contribution >= 4 is 66.7 Å². The van der Waals surface area contributed by atoms with Gasteiger partial charge in [0.25, 0.3) is 0 Å². The standard InChI is InChI=1S/C21H14I2/c1-13-8-16-9-14-4-2-3-5-15(14)10-17(16)11-19(13)20-12-18(22)6-7-21(20)23/h2-12H,1H3. The summed E-state index contributed by atoms with van der Waals surface area (Å²) in [6.45, 7) is 2.21. The van der Waals surface area contributed by atoms with Gasteiger partial charge in [-0.2, -0.15) is 0 Å². The molecule has 0 atom stereocenters. The Morgan fingerprint density at radius 3 is 1.96 bits per heavy atom. The molecule has 0 amide bonds. The van der Waals surface area contributed by atoms with E-state index in [9.17, 15) is 0 Å². The number of hydrogen-bond donors (Lipinski definition) is 0. The molecule has 0 bridgehead atoms. The number of benzene rings is 4. The van der Waals surface area contributed by atoms with Crippen LogP contribution in [0.5, 0.6) is 0 Å². The lowest BCUT2D eigenvalue weighted by molar-refractivity contribution is 1.47. The van der Waals surface area contributed by atoms with Crippen molar-refractivity contribution in [3.63, 3.8) is 0 Å². The second-order valence-corrected chi connectivity index (χ2v) is 8.25. The number of fused-ring (bicyclic) bond motifs is 2. The Kier molecular flexibility index (Phi) is 4.05. The molecule has 0 aliphatic rings. The van der Waals surface area contributed by atoms with Gasteiger partial charge in [0.1, 0.15) is 0 Å². The van der Waals surface area contributed by atoms with Gasteiger partial charge in [-0.25, -0.2) is 0 Å². The molecule has 0 fully saturated rings. The van der Waals surface area contributed by atoms with Gasteiger partial charge >= 0.3 is 0 Å². The Bertz CT molecular complexity index is 1050. The van der Waals surface area contributed by atoms with Crippen LogP contribution in [0.2, 0.25) is 0 Å². The van der Waals surface area contributed by atoms with Crippen LogP contribution in [0.25, 0.3) is 32.7 Å². The topological polar surface area (TPSA) is 0 Å². The smallest absolute Gasteiger partial charge is 0.0209 e. The van der Waals surface area contributed by atoms with Crippen LogP contribution < -0.4 is 0 Å². The van der Waals surface area contributed by atoms with Gasteiger partial charge in [-0.1, -0.05) is 30.3 Å². The first kappa shape index (κ1) is 15.4. The molecule has 0 heterocycles. The molecular formula is C21H14I2. The monoisotopic (exact) mass is 520 g/mol. The molecule has 0 spiro atoms. The molecule has 0 nitrogen and oxygen atoms in total. The first-order valence-corrected chi connectivity index (χ1v) is 9.66. The summed E-state index contributed by atoms with van der Waals surface area (Å²) in [5.41, 5.74) is 3.98. The maximum Gasteiger partial charge on any atom is 0.0209 e. The van der Waals surface area contributed by atoms with Crippen molar-refractivity contribution in [2.45, 2.75) is 6.92 Å². The van der Waals surface area contributed by atoms with E-state index in [1.54, 1.807) is 0 Å². The summed E-state index contributed by atoms with van der Waals surface area (Å²) in [5.74, 6) is 0. The maximum absolute atomic E-state index is 2.43. The lowest BCUT2D eigenvalue weighted by Crippen LogP contribution is -1.89. The molecule has 0 saturated heterocycles. The van der Waals surface area contributed by atoms with E-state index in [0.717, 1.165) is 0 Å². The Balaban J connectivity index is 2.02. The van der Waals surface area contributed by atoms with E-state index in [2.05, 4.69) is 119 Å². The van der Waals surface area contributed by atoms with Gasteiger partial charge in [-0.15, -0.1) is 0 Å². The van der Waals surface area contributed by atoms with Gasteiger partial charge < -0.3 is 0 Å². The Morgan fingerprint density at radius 1 is 0.609 bits per heavy atom. The number of rotatable bonds is 1. The van der Waals surface area contributed by atoms with Gasteiger partial charge in [0.2, 0.25) is 0 Å². The fourth-order valence-electron chi connectivity index (χ4n) is 3.10. The second kappa shape index (κ2) is 6.06. The predicted octanol–water partition coefficient (Wildman–Crippen LogP) is 7.18. The van der Waals surface area contributed by atoms with Gasteiger partial charge in [0.05, 0.1) is 0 Å². The fraction of sp³-hybridized carbons (Fsp3) is 0.0476. The zero-order valence-corrected chi connectivity index (χ0v) is 16.9. The SMILES string of the molecule is Cc1cc2cc3ccccc3cc2cc1-c1cc(I)ccc1I. The number of aryl methyl sites for hydroxylation is 1. The third-order valence-electron chi connectivity index (χ3n) is 4.27. The summed E-state index contributed by atoms with van der Waals surface area (Å²) >= 11 is 4.82. The van der Waals surface area contributed by atoms with Crippen molar-refractivity contribution in [2.24, 2.45) is 0 Å². The third kappa shape index (κ3) is 2.87. The quantitative estimate of drug-likeness (QED) is 0.184. The van der Waals surface area contributed by atoms with Crippen LogP contribution >= 0.6 is 45.2 Å². The van der Waals surface area contributed by atoms with E-state index in [4.69, 9.17) is 0 Å². The van der Waals surface area contributed by atoms with E-state index in [0.29, 0.717) is 0 Å². The molecule has 0 unspecified atom stereocenters. The van der Waals surface area contributed by atoms with Crippen molar-refractivity contribution in [1.82, 2.24) is 0 Å². The second-order valence-electron chi connectivity index (χ2n) is 5.84. The van der Waals surface area contributed by atoms with Crippen molar-refractivity contribution in [1.29, 1.82) is 0 Å². The van der Waals surface area contributed by atoms with Crippen LogP contribution in [-0.2, 0) is 0 Å².